The van der Waals surface area contributed by atoms with Gasteiger partial charge in [0.25, 0.3) is 5.91 Å². The summed E-state index contributed by atoms with van der Waals surface area (Å²) in [5, 5.41) is 6.96. The SMILES string of the molecule is CC(C)(C)c1ccc(C(=O)NCCC(=O)NCCCc2nc3c(s2)CCCC3)cc1. The number of hydrogen-bond acceptors (Lipinski definition) is 4. The Hall–Kier alpha value is -2.21. The molecular formula is C24H33N3O2S. The van der Waals surface area contributed by atoms with E-state index in [2.05, 4.69) is 31.4 Å². The van der Waals surface area contributed by atoms with Crippen LogP contribution in [0.5, 0.6) is 0 Å². The van der Waals surface area contributed by atoms with Crippen LogP contribution in [0.1, 0.15) is 78.0 Å². The zero-order valence-electron chi connectivity index (χ0n) is 18.3. The Balaban J connectivity index is 1.31. The van der Waals surface area contributed by atoms with Gasteiger partial charge in [-0.25, -0.2) is 4.98 Å². The minimum absolute atomic E-state index is 0.0307. The van der Waals surface area contributed by atoms with Crippen molar-refractivity contribution in [3.05, 3.63) is 51.0 Å². The smallest absolute Gasteiger partial charge is 0.251 e. The van der Waals surface area contributed by atoms with Gasteiger partial charge < -0.3 is 10.6 Å². The van der Waals surface area contributed by atoms with Crippen LogP contribution in [0.2, 0.25) is 0 Å². The fourth-order valence-corrected chi connectivity index (χ4v) is 4.78. The van der Waals surface area contributed by atoms with Crippen LogP contribution in [0.4, 0.5) is 0 Å². The summed E-state index contributed by atoms with van der Waals surface area (Å²) < 4.78 is 0. The Morgan fingerprint density at radius 2 is 1.77 bits per heavy atom. The van der Waals surface area contributed by atoms with Gasteiger partial charge in [-0.2, -0.15) is 0 Å². The second-order valence-corrected chi connectivity index (χ2v) is 10.1. The molecule has 1 aromatic carbocycles. The number of carbonyl (C=O) groups excluding carboxylic acids is 2. The maximum Gasteiger partial charge on any atom is 0.251 e. The van der Waals surface area contributed by atoms with Crippen LogP contribution in [-0.4, -0.2) is 29.9 Å². The molecule has 5 nitrogen and oxygen atoms in total. The molecule has 0 aliphatic heterocycles. The first-order chi connectivity index (χ1) is 14.3. The largest absolute Gasteiger partial charge is 0.356 e. The second kappa shape index (κ2) is 10.2. The third-order valence-electron chi connectivity index (χ3n) is 5.43. The van der Waals surface area contributed by atoms with Crippen LogP contribution >= 0.6 is 11.3 Å². The lowest BCUT2D eigenvalue weighted by Gasteiger charge is -2.19. The highest BCUT2D eigenvalue weighted by Crippen LogP contribution is 2.27. The van der Waals surface area contributed by atoms with Crippen molar-refractivity contribution in [2.24, 2.45) is 0 Å². The molecule has 1 aromatic heterocycles. The monoisotopic (exact) mass is 427 g/mol. The Kier molecular flexibility index (Phi) is 7.64. The summed E-state index contributed by atoms with van der Waals surface area (Å²) in [6, 6.07) is 7.65. The Morgan fingerprint density at radius 1 is 1.03 bits per heavy atom. The zero-order valence-corrected chi connectivity index (χ0v) is 19.2. The minimum Gasteiger partial charge on any atom is -0.356 e. The molecule has 0 bridgehead atoms. The van der Waals surface area contributed by atoms with Crippen LogP contribution in [0.25, 0.3) is 0 Å². The third-order valence-corrected chi connectivity index (χ3v) is 6.65. The van der Waals surface area contributed by atoms with E-state index in [1.807, 2.05) is 35.6 Å². The minimum atomic E-state index is -0.143. The number of carbonyl (C=O) groups is 2. The molecule has 0 spiro atoms. The predicted octanol–water partition coefficient (Wildman–Crippen LogP) is 4.19. The highest BCUT2D eigenvalue weighted by Gasteiger charge is 2.15. The number of nitrogens with zero attached hydrogens (tertiary/aromatic N) is 1. The van der Waals surface area contributed by atoms with Crippen LogP contribution in [0.3, 0.4) is 0 Å². The molecule has 30 heavy (non-hydrogen) atoms. The van der Waals surface area contributed by atoms with Crippen molar-refractivity contribution in [1.29, 1.82) is 0 Å². The molecule has 2 amide bonds. The molecule has 0 radical (unpaired) electrons. The van der Waals surface area contributed by atoms with E-state index in [4.69, 9.17) is 4.98 Å². The van der Waals surface area contributed by atoms with Gasteiger partial charge in [-0.15, -0.1) is 11.3 Å². The summed E-state index contributed by atoms with van der Waals surface area (Å²) in [6.07, 6.45) is 6.93. The van der Waals surface area contributed by atoms with E-state index >= 15 is 0 Å². The van der Waals surface area contributed by atoms with E-state index < -0.39 is 0 Å². The summed E-state index contributed by atoms with van der Waals surface area (Å²) in [5.74, 6) is -0.173. The lowest BCUT2D eigenvalue weighted by molar-refractivity contribution is -0.120. The molecule has 6 heteroatoms. The van der Waals surface area contributed by atoms with E-state index in [1.165, 1.54) is 40.4 Å². The number of rotatable bonds is 8. The molecule has 3 rings (SSSR count). The second-order valence-electron chi connectivity index (χ2n) is 8.97. The summed E-state index contributed by atoms with van der Waals surface area (Å²) in [7, 11) is 0. The van der Waals surface area contributed by atoms with Crippen molar-refractivity contribution in [2.75, 3.05) is 13.1 Å². The molecule has 2 N–H and O–H groups in total. The summed E-state index contributed by atoms with van der Waals surface area (Å²) in [4.78, 5) is 30.5. The Morgan fingerprint density at radius 3 is 2.47 bits per heavy atom. The van der Waals surface area contributed by atoms with Crippen molar-refractivity contribution < 1.29 is 9.59 Å². The van der Waals surface area contributed by atoms with E-state index in [-0.39, 0.29) is 23.7 Å². The van der Waals surface area contributed by atoms with Crippen molar-refractivity contribution in [3.8, 4) is 0 Å². The summed E-state index contributed by atoms with van der Waals surface area (Å²) in [5.41, 5.74) is 3.17. The molecular weight excluding hydrogens is 394 g/mol. The van der Waals surface area contributed by atoms with Crippen LogP contribution in [0, 0.1) is 0 Å². The molecule has 0 saturated heterocycles. The highest BCUT2D eigenvalue weighted by atomic mass is 32.1. The van der Waals surface area contributed by atoms with Crippen molar-refractivity contribution in [2.45, 2.75) is 71.1 Å². The quantitative estimate of drug-likeness (QED) is 0.621. The number of amides is 2. The van der Waals surface area contributed by atoms with Crippen LogP contribution in [0.15, 0.2) is 24.3 Å². The van der Waals surface area contributed by atoms with Crippen LogP contribution < -0.4 is 10.6 Å². The lowest BCUT2D eigenvalue weighted by Crippen LogP contribution is -2.31. The first-order valence-electron chi connectivity index (χ1n) is 11.0. The van der Waals surface area contributed by atoms with Gasteiger partial charge in [0.2, 0.25) is 5.91 Å². The van der Waals surface area contributed by atoms with E-state index in [0.29, 0.717) is 18.7 Å². The Labute approximate surface area is 183 Å². The number of benzene rings is 1. The third kappa shape index (κ3) is 6.39. The predicted molar refractivity (Wildman–Crippen MR) is 122 cm³/mol. The number of aromatic nitrogens is 1. The molecule has 2 aromatic rings. The molecule has 0 saturated carbocycles. The average Bonchev–Trinajstić information content (AvgIpc) is 3.13. The van der Waals surface area contributed by atoms with Gasteiger partial charge in [0.15, 0.2) is 0 Å². The number of aryl methyl sites for hydroxylation is 3. The average molecular weight is 428 g/mol. The fourth-order valence-electron chi connectivity index (χ4n) is 3.58. The Bertz CT molecular complexity index is 842. The van der Waals surface area contributed by atoms with E-state index in [0.717, 1.165) is 19.3 Å². The standard InChI is InChI=1S/C24H33N3O2S/c1-24(2,3)18-12-10-17(11-13-18)23(29)26-16-14-21(28)25-15-6-9-22-27-19-7-4-5-8-20(19)30-22/h10-13H,4-9,14-16H2,1-3H3,(H,25,28)(H,26,29). The van der Waals surface area contributed by atoms with Gasteiger partial charge >= 0.3 is 0 Å². The van der Waals surface area contributed by atoms with Crippen LogP contribution in [-0.2, 0) is 29.5 Å². The van der Waals surface area contributed by atoms with Crippen molar-refractivity contribution in [1.82, 2.24) is 15.6 Å². The molecule has 1 heterocycles. The van der Waals surface area contributed by atoms with Gasteiger partial charge in [0, 0.05) is 36.4 Å². The molecule has 162 valence electrons. The zero-order chi connectivity index (χ0) is 21.6. The molecule has 0 unspecified atom stereocenters. The van der Waals surface area contributed by atoms with Gasteiger partial charge in [-0.1, -0.05) is 32.9 Å². The van der Waals surface area contributed by atoms with E-state index in [1.54, 1.807) is 0 Å². The van der Waals surface area contributed by atoms with Gasteiger partial charge in [-0.05, 0) is 55.2 Å². The first-order valence-corrected chi connectivity index (χ1v) is 11.8. The number of fused-ring (bicyclic) bond motifs is 1. The highest BCUT2D eigenvalue weighted by molar-refractivity contribution is 7.11. The summed E-state index contributed by atoms with van der Waals surface area (Å²) >= 11 is 1.84. The van der Waals surface area contributed by atoms with E-state index in [9.17, 15) is 9.59 Å². The number of nitrogens with one attached hydrogen (secondary N) is 2. The topological polar surface area (TPSA) is 71.1 Å². The number of thiazole rings is 1. The lowest BCUT2D eigenvalue weighted by atomic mass is 9.87. The maximum atomic E-state index is 12.2. The van der Waals surface area contributed by atoms with Gasteiger partial charge in [0.05, 0.1) is 10.7 Å². The maximum absolute atomic E-state index is 12.2. The fraction of sp³-hybridized carbons (Fsp3) is 0.542. The normalized spacial score (nSPS) is 13.6. The van der Waals surface area contributed by atoms with Gasteiger partial charge in [-0.3, -0.25) is 9.59 Å². The molecule has 1 aliphatic rings. The van der Waals surface area contributed by atoms with Crippen molar-refractivity contribution in [3.63, 3.8) is 0 Å². The van der Waals surface area contributed by atoms with Crippen molar-refractivity contribution >= 4 is 23.2 Å². The molecule has 0 atom stereocenters. The molecule has 0 fully saturated rings. The number of hydrogen-bond donors (Lipinski definition) is 2. The summed E-state index contributed by atoms with van der Waals surface area (Å²) in [6.45, 7) is 7.41. The molecule has 1 aliphatic carbocycles. The van der Waals surface area contributed by atoms with Gasteiger partial charge in [0.1, 0.15) is 0 Å². The first kappa shape index (κ1) is 22.5.